The Kier molecular flexibility index (Phi) is 4.34. The van der Waals surface area contributed by atoms with Crippen molar-refractivity contribution in [2.45, 2.75) is 76.7 Å². The third-order valence-electron chi connectivity index (χ3n) is 5.81. The number of likely N-dealkylation sites (tertiary alicyclic amines) is 1. The lowest BCUT2D eigenvalue weighted by Crippen LogP contribution is -2.39. The number of hydrogen-bond acceptors (Lipinski definition) is 3. The fourth-order valence-corrected chi connectivity index (χ4v) is 4.43. The summed E-state index contributed by atoms with van der Waals surface area (Å²) in [5.41, 5.74) is -0.359. The topological polar surface area (TPSA) is 57.6 Å². The zero-order valence-corrected chi connectivity index (χ0v) is 12.9. The Hall–Kier alpha value is -0.900. The van der Waals surface area contributed by atoms with Crippen LogP contribution in [0.2, 0.25) is 0 Å². The number of aliphatic hydroxyl groups excluding tert-OH is 1. The minimum atomic E-state index is -0.359. The lowest BCUT2D eigenvalue weighted by Gasteiger charge is -2.30. The Balaban J connectivity index is 1.66. The number of carbonyl (C=O) groups excluding carboxylic acids is 2. The summed E-state index contributed by atoms with van der Waals surface area (Å²) in [4.78, 5) is 26.8. The number of imide groups is 1. The van der Waals surface area contributed by atoms with E-state index in [1.807, 2.05) is 0 Å². The van der Waals surface area contributed by atoms with E-state index in [1.165, 1.54) is 12.8 Å². The van der Waals surface area contributed by atoms with Crippen molar-refractivity contribution in [1.82, 2.24) is 4.90 Å². The third kappa shape index (κ3) is 3.01. The van der Waals surface area contributed by atoms with Crippen LogP contribution in [0, 0.1) is 11.3 Å². The molecule has 0 unspecified atom stereocenters. The summed E-state index contributed by atoms with van der Waals surface area (Å²) in [5, 5.41) is 9.57. The van der Waals surface area contributed by atoms with Crippen molar-refractivity contribution in [2.75, 3.05) is 6.54 Å². The molecule has 2 saturated carbocycles. The molecular formula is C17H27NO3. The first kappa shape index (κ1) is 15.0. The highest BCUT2D eigenvalue weighted by atomic mass is 16.3. The van der Waals surface area contributed by atoms with Gasteiger partial charge in [-0.1, -0.05) is 25.7 Å². The molecule has 0 radical (unpaired) electrons. The first-order valence-electron chi connectivity index (χ1n) is 8.64. The minimum absolute atomic E-state index is 0.0491. The second kappa shape index (κ2) is 6.07. The van der Waals surface area contributed by atoms with E-state index in [0.29, 0.717) is 18.9 Å². The number of hydrogen-bond donors (Lipinski definition) is 1. The van der Waals surface area contributed by atoms with Gasteiger partial charge in [0, 0.05) is 13.0 Å². The first-order chi connectivity index (χ1) is 10.1. The van der Waals surface area contributed by atoms with E-state index in [-0.39, 0.29) is 23.3 Å². The molecule has 0 bridgehead atoms. The summed E-state index contributed by atoms with van der Waals surface area (Å²) in [6, 6.07) is 0. The minimum Gasteiger partial charge on any atom is -0.393 e. The average Bonchev–Trinajstić information content (AvgIpc) is 2.64. The molecule has 4 heteroatoms. The predicted octanol–water partition coefficient (Wildman–Crippen LogP) is 2.64. The molecule has 0 atom stereocenters. The molecule has 1 N–H and O–H groups in total. The summed E-state index contributed by atoms with van der Waals surface area (Å²) in [7, 11) is 0. The molecule has 118 valence electrons. The van der Waals surface area contributed by atoms with Crippen molar-refractivity contribution in [2.24, 2.45) is 11.3 Å². The van der Waals surface area contributed by atoms with E-state index in [9.17, 15) is 14.7 Å². The molecule has 0 aromatic heterocycles. The maximum absolute atomic E-state index is 12.8. The zero-order chi connectivity index (χ0) is 14.9. The van der Waals surface area contributed by atoms with Crippen LogP contribution in [0.25, 0.3) is 0 Å². The van der Waals surface area contributed by atoms with Crippen LogP contribution in [-0.2, 0) is 9.59 Å². The fourth-order valence-electron chi connectivity index (χ4n) is 4.43. The summed E-state index contributed by atoms with van der Waals surface area (Å²) in [6.07, 6.45) is 10.1. The molecule has 1 saturated heterocycles. The van der Waals surface area contributed by atoms with E-state index in [0.717, 1.165) is 51.4 Å². The lowest BCUT2D eigenvalue weighted by atomic mass is 9.79. The van der Waals surface area contributed by atoms with E-state index < -0.39 is 0 Å². The van der Waals surface area contributed by atoms with Crippen LogP contribution in [0.15, 0.2) is 0 Å². The summed E-state index contributed by atoms with van der Waals surface area (Å²) in [6.45, 7) is 0.589. The van der Waals surface area contributed by atoms with Gasteiger partial charge in [-0.25, -0.2) is 0 Å². The van der Waals surface area contributed by atoms with Gasteiger partial charge >= 0.3 is 0 Å². The molecule has 2 amide bonds. The second-order valence-electron chi connectivity index (χ2n) is 7.36. The maximum Gasteiger partial charge on any atom is 0.235 e. The Morgan fingerprint density at radius 2 is 1.62 bits per heavy atom. The van der Waals surface area contributed by atoms with E-state index in [1.54, 1.807) is 4.90 Å². The average molecular weight is 293 g/mol. The molecule has 3 rings (SSSR count). The molecule has 4 nitrogen and oxygen atoms in total. The standard InChI is InChI=1S/C17H27NO3/c19-14-7-5-13(6-8-14)12-18-15(20)11-17(16(18)21)9-3-1-2-4-10-17/h13-14,19H,1-12H2. The Labute approximate surface area is 126 Å². The van der Waals surface area contributed by atoms with Gasteiger partial charge in [0.2, 0.25) is 11.8 Å². The van der Waals surface area contributed by atoms with Crippen LogP contribution in [0.3, 0.4) is 0 Å². The van der Waals surface area contributed by atoms with Crippen molar-refractivity contribution in [1.29, 1.82) is 0 Å². The number of nitrogens with zero attached hydrogens (tertiary/aromatic N) is 1. The summed E-state index contributed by atoms with van der Waals surface area (Å²) in [5.74, 6) is 0.552. The number of carbonyl (C=O) groups is 2. The smallest absolute Gasteiger partial charge is 0.235 e. The Morgan fingerprint density at radius 3 is 2.24 bits per heavy atom. The van der Waals surface area contributed by atoms with E-state index in [2.05, 4.69) is 0 Å². The SMILES string of the molecule is O=C1CC2(CCCCCC2)C(=O)N1CC1CCC(O)CC1. The van der Waals surface area contributed by atoms with Crippen molar-refractivity contribution >= 4 is 11.8 Å². The molecule has 21 heavy (non-hydrogen) atoms. The molecule has 1 aliphatic heterocycles. The molecule has 1 heterocycles. The first-order valence-corrected chi connectivity index (χ1v) is 8.64. The van der Waals surface area contributed by atoms with Crippen molar-refractivity contribution in [3.8, 4) is 0 Å². The van der Waals surface area contributed by atoms with Gasteiger partial charge in [0.1, 0.15) is 0 Å². The molecule has 1 spiro atoms. The quantitative estimate of drug-likeness (QED) is 0.796. The van der Waals surface area contributed by atoms with Gasteiger partial charge < -0.3 is 5.11 Å². The van der Waals surface area contributed by atoms with E-state index >= 15 is 0 Å². The summed E-state index contributed by atoms with van der Waals surface area (Å²) < 4.78 is 0. The largest absolute Gasteiger partial charge is 0.393 e. The maximum atomic E-state index is 12.8. The monoisotopic (exact) mass is 293 g/mol. The molecule has 0 aromatic carbocycles. The highest BCUT2D eigenvalue weighted by Gasteiger charge is 2.51. The van der Waals surface area contributed by atoms with Crippen LogP contribution in [0.4, 0.5) is 0 Å². The van der Waals surface area contributed by atoms with Crippen molar-refractivity contribution < 1.29 is 14.7 Å². The molecule has 0 aromatic rings. The van der Waals surface area contributed by atoms with Gasteiger partial charge in [-0.2, -0.15) is 0 Å². The molecule has 3 aliphatic rings. The number of aliphatic hydroxyl groups is 1. The van der Waals surface area contributed by atoms with Gasteiger partial charge in [0.15, 0.2) is 0 Å². The number of rotatable bonds is 2. The molecule has 3 fully saturated rings. The van der Waals surface area contributed by atoms with Crippen LogP contribution in [0.1, 0.15) is 70.6 Å². The van der Waals surface area contributed by atoms with E-state index in [4.69, 9.17) is 0 Å². The van der Waals surface area contributed by atoms with Crippen LogP contribution < -0.4 is 0 Å². The predicted molar refractivity (Wildman–Crippen MR) is 79.4 cm³/mol. The van der Waals surface area contributed by atoms with Gasteiger partial charge in [0.05, 0.1) is 11.5 Å². The highest BCUT2D eigenvalue weighted by Crippen LogP contribution is 2.44. The normalized spacial score (nSPS) is 33.5. The summed E-state index contributed by atoms with van der Waals surface area (Å²) >= 11 is 0. The highest BCUT2D eigenvalue weighted by molar-refractivity contribution is 6.05. The van der Waals surface area contributed by atoms with Gasteiger partial charge in [-0.3, -0.25) is 14.5 Å². The second-order valence-corrected chi connectivity index (χ2v) is 7.36. The van der Waals surface area contributed by atoms with Crippen LogP contribution in [0.5, 0.6) is 0 Å². The van der Waals surface area contributed by atoms with Gasteiger partial charge in [0.25, 0.3) is 0 Å². The molecular weight excluding hydrogens is 266 g/mol. The Bertz CT molecular complexity index is 404. The zero-order valence-electron chi connectivity index (χ0n) is 12.9. The van der Waals surface area contributed by atoms with Crippen molar-refractivity contribution in [3.63, 3.8) is 0 Å². The van der Waals surface area contributed by atoms with Gasteiger partial charge in [-0.15, -0.1) is 0 Å². The number of amides is 2. The lowest BCUT2D eigenvalue weighted by molar-refractivity contribution is -0.142. The van der Waals surface area contributed by atoms with Crippen LogP contribution in [-0.4, -0.2) is 34.5 Å². The fraction of sp³-hybridized carbons (Fsp3) is 0.882. The Morgan fingerprint density at radius 1 is 1.00 bits per heavy atom. The van der Waals surface area contributed by atoms with Crippen LogP contribution >= 0.6 is 0 Å². The third-order valence-corrected chi connectivity index (χ3v) is 5.81. The molecule has 2 aliphatic carbocycles. The van der Waals surface area contributed by atoms with Gasteiger partial charge in [-0.05, 0) is 44.4 Å². The van der Waals surface area contributed by atoms with Crippen molar-refractivity contribution in [3.05, 3.63) is 0 Å².